The molecule has 0 aliphatic rings. The molecule has 22 heavy (non-hydrogen) atoms. The summed E-state index contributed by atoms with van der Waals surface area (Å²) in [6.07, 6.45) is -6.57. The maximum Gasteiger partial charge on any atom is 0.332 e. The van der Waals surface area contributed by atoms with Gasteiger partial charge in [-0.2, -0.15) is 0 Å². The van der Waals surface area contributed by atoms with Gasteiger partial charge in [-0.15, -0.1) is 0 Å². The molecule has 0 aliphatic heterocycles. The van der Waals surface area contributed by atoms with E-state index in [9.17, 15) is 30.0 Å². The lowest BCUT2D eigenvalue weighted by Crippen LogP contribution is -2.48. The van der Waals surface area contributed by atoms with Gasteiger partial charge >= 0.3 is 5.69 Å². The number of nitrogens with one attached hydrogen (secondary N) is 1. The summed E-state index contributed by atoms with van der Waals surface area (Å²) in [5.74, 6) is 0.122. The minimum atomic E-state index is -1.74. The summed E-state index contributed by atoms with van der Waals surface area (Å²) in [6, 6.07) is 1.14. The molecule has 126 valence electrons. The Morgan fingerprint density at radius 3 is 2.14 bits per heavy atom. The fourth-order valence-corrected chi connectivity index (χ4v) is 1.80. The van der Waals surface area contributed by atoms with Crippen molar-refractivity contribution in [3.8, 4) is 0 Å². The predicted molar refractivity (Wildman–Crippen MR) is 76.5 cm³/mol. The van der Waals surface area contributed by atoms with Gasteiger partial charge in [0.1, 0.15) is 24.1 Å². The molecule has 0 bridgehead atoms. The Hall–Kier alpha value is -1.72. The molecule has 6 N–H and O–H groups in total. The van der Waals surface area contributed by atoms with E-state index < -0.39 is 42.3 Å². The third-order valence-corrected chi connectivity index (χ3v) is 3.34. The molecule has 0 spiro atoms. The van der Waals surface area contributed by atoms with Crippen LogP contribution in [0.15, 0.2) is 15.7 Å². The van der Waals surface area contributed by atoms with Gasteiger partial charge in [0.25, 0.3) is 5.56 Å². The fraction of sp³-hybridized carbons (Fsp3) is 0.667. The first kappa shape index (κ1) is 18.3. The molecule has 0 radical (unpaired) electrons. The quantitative estimate of drug-likeness (QED) is 0.296. The van der Waals surface area contributed by atoms with Crippen molar-refractivity contribution in [3.63, 3.8) is 0 Å². The van der Waals surface area contributed by atoms with Gasteiger partial charge in [-0.25, -0.2) is 4.79 Å². The Morgan fingerprint density at radius 2 is 1.59 bits per heavy atom. The molecule has 0 unspecified atom stereocenters. The van der Waals surface area contributed by atoms with Crippen LogP contribution in [0.3, 0.4) is 0 Å². The molecule has 0 saturated heterocycles. The SMILES string of the molecule is Cn1c(NC[C@@H](O)[C@H](O)[C@H](O)[C@H](O)CO)cc(=O)n(C)c1=O. The zero-order chi connectivity index (χ0) is 17.0. The number of rotatable bonds is 7. The second kappa shape index (κ2) is 7.51. The summed E-state index contributed by atoms with van der Waals surface area (Å²) < 4.78 is 2.04. The standard InChI is InChI=1S/C12H21N3O7/c1-14-8(3-9(19)15(2)12(14)22)13-4-6(17)10(20)11(21)7(18)5-16/h3,6-7,10-11,13,16-18,20-21H,4-5H2,1-2H3/t6-,7-,10+,11-/m1/s1. The van der Waals surface area contributed by atoms with E-state index in [0.29, 0.717) is 0 Å². The van der Waals surface area contributed by atoms with Crippen LogP contribution in [-0.2, 0) is 14.1 Å². The predicted octanol–water partition coefficient (Wildman–Crippen LogP) is -4.07. The monoisotopic (exact) mass is 319 g/mol. The minimum Gasteiger partial charge on any atom is -0.394 e. The summed E-state index contributed by atoms with van der Waals surface area (Å²) in [4.78, 5) is 23.2. The van der Waals surface area contributed by atoms with E-state index >= 15 is 0 Å². The molecular weight excluding hydrogens is 298 g/mol. The first-order valence-corrected chi connectivity index (χ1v) is 6.54. The Bertz CT molecular complexity index is 612. The van der Waals surface area contributed by atoms with Crippen molar-refractivity contribution in [1.29, 1.82) is 0 Å². The van der Waals surface area contributed by atoms with Crippen molar-refractivity contribution in [3.05, 3.63) is 26.9 Å². The van der Waals surface area contributed by atoms with Gasteiger partial charge < -0.3 is 30.8 Å². The first-order valence-electron chi connectivity index (χ1n) is 6.54. The van der Waals surface area contributed by atoms with E-state index in [1.165, 1.54) is 14.1 Å². The average Bonchev–Trinajstić information content (AvgIpc) is 2.52. The van der Waals surface area contributed by atoms with E-state index in [1.807, 2.05) is 0 Å². The summed E-state index contributed by atoms with van der Waals surface area (Å²) >= 11 is 0. The molecule has 10 heteroatoms. The molecule has 1 aromatic rings. The molecule has 0 aromatic carbocycles. The van der Waals surface area contributed by atoms with Crippen molar-refractivity contribution in [2.45, 2.75) is 24.4 Å². The smallest absolute Gasteiger partial charge is 0.332 e. The highest BCUT2D eigenvalue weighted by molar-refractivity contribution is 5.34. The molecule has 4 atom stereocenters. The van der Waals surface area contributed by atoms with Gasteiger partial charge in [0, 0.05) is 26.7 Å². The third kappa shape index (κ3) is 3.93. The number of hydrogen-bond acceptors (Lipinski definition) is 8. The Morgan fingerprint density at radius 1 is 1.05 bits per heavy atom. The Balaban J connectivity index is 2.79. The number of aliphatic hydroxyl groups is 5. The number of aromatic nitrogens is 2. The molecular formula is C12H21N3O7. The first-order chi connectivity index (χ1) is 10.2. The van der Waals surface area contributed by atoms with Crippen LogP contribution in [0.1, 0.15) is 0 Å². The maximum atomic E-state index is 11.7. The van der Waals surface area contributed by atoms with Gasteiger partial charge in [-0.1, -0.05) is 0 Å². The number of hydrogen-bond donors (Lipinski definition) is 6. The number of nitrogens with zero attached hydrogens (tertiary/aromatic N) is 2. The molecule has 0 fully saturated rings. The average molecular weight is 319 g/mol. The van der Waals surface area contributed by atoms with E-state index in [1.54, 1.807) is 0 Å². The number of aliphatic hydroxyl groups excluding tert-OH is 5. The second-order valence-electron chi connectivity index (χ2n) is 4.95. The highest BCUT2D eigenvalue weighted by Gasteiger charge is 2.29. The zero-order valence-electron chi connectivity index (χ0n) is 12.2. The van der Waals surface area contributed by atoms with E-state index in [-0.39, 0.29) is 12.4 Å². The second-order valence-corrected chi connectivity index (χ2v) is 4.95. The third-order valence-electron chi connectivity index (χ3n) is 3.34. The topological polar surface area (TPSA) is 157 Å². The van der Waals surface area contributed by atoms with Crippen LogP contribution in [0.5, 0.6) is 0 Å². The van der Waals surface area contributed by atoms with Crippen molar-refractivity contribution >= 4 is 5.82 Å². The number of anilines is 1. The van der Waals surface area contributed by atoms with Crippen LogP contribution in [0.4, 0.5) is 5.82 Å². The van der Waals surface area contributed by atoms with E-state index in [4.69, 9.17) is 5.11 Å². The zero-order valence-corrected chi connectivity index (χ0v) is 12.2. The van der Waals surface area contributed by atoms with Crippen LogP contribution < -0.4 is 16.6 Å². The highest BCUT2D eigenvalue weighted by Crippen LogP contribution is 2.06. The Labute approximate surface area is 125 Å². The Kier molecular flexibility index (Phi) is 6.26. The van der Waals surface area contributed by atoms with Crippen LogP contribution in [0.25, 0.3) is 0 Å². The van der Waals surface area contributed by atoms with Crippen LogP contribution in [0.2, 0.25) is 0 Å². The van der Waals surface area contributed by atoms with Gasteiger partial charge in [0.15, 0.2) is 0 Å². The van der Waals surface area contributed by atoms with Crippen molar-refractivity contribution in [1.82, 2.24) is 9.13 Å². The van der Waals surface area contributed by atoms with Crippen molar-refractivity contribution in [2.24, 2.45) is 14.1 Å². The minimum absolute atomic E-state index is 0.122. The molecule has 10 nitrogen and oxygen atoms in total. The van der Waals surface area contributed by atoms with Gasteiger partial charge in [-0.05, 0) is 0 Å². The lowest BCUT2D eigenvalue weighted by Gasteiger charge is -2.26. The highest BCUT2D eigenvalue weighted by atomic mass is 16.4. The molecule has 0 saturated carbocycles. The summed E-state index contributed by atoms with van der Waals surface area (Å²) in [5.41, 5.74) is -1.11. The van der Waals surface area contributed by atoms with Crippen LogP contribution in [0, 0.1) is 0 Å². The molecule has 0 aliphatic carbocycles. The lowest BCUT2D eigenvalue weighted by atomic mass is 10.0. The molecule has 0 amide bonds. The van der Waals surface area contributed by atoms with Gasteiger partial charge in [0.05, 0.1) is 12.7 Å². The summed E-state index contributed by atoms with van der Waals surface area (Å²) in [5, 5.41) is 49.3. The van der Waals surface area contributed by atoms with Gasteiger partial charge in [0.2, 0.25) is 0 Å². The largest absolute Gasteiger partial charge is 0.394 e. The summed E-state index contributed by atoms with van der Waals surface area (Å²) in [6.45, 7) is -1.07. The lowest BCUT2D eigenvalue weighted by molar-refractivity contribution is -0.111. The van der Waals surface area contributed by atoms with Gasteiger partial charge in [-0.3, -0.25) is 13.9 Å². The van der Waals surface area contributed by atoms with E-state index in [2.05, 4.69) is 5.32 Å². The molecule has 1 aromatic heterocycles. The maximum absolute atomic E-state index is 11.7. The summed E-state index contributed by atoms with van der Waals surface area (Å²) in [7, 11) is 2.73. The van der Waals surface area contributed by atoms with Crippen molar-refractivity contribution < 1.29 is 25.5 Å². The fourth-order valence-electron chi connectivity index (χ4n) is 1.80. The van der Waals surface area contributed by atoms with Crippen molar-refractivity contribution in [2.75, 3.05) is 18.5 Å². The molecule has 1 rings (SSSR count). The van der Waals surface area contributed by atoms with Crippen LogP contribution in [-0.4, -0.2) is 72.2 Å². The normalized spacial score (nSPS) is 16.9. The van der Waals surface area contributed by atoms with E-state index in [0.717, 1.165) is 15.2 Å². The molecule has 1 heterocycles. The van der Waals surface area contributed by atoms with Crippen LogP contribution >= 0.6 is 0 Å².